The molecular formula is C20H23N6O5PS. The number of imidazole rings is 1. The van der Waals surface area contributed by atoms with Gasteiger partial charge in [0.2, 0.25) is 0 Å². The summed E-state index contributed by atoms with van der Waals surface area (Å²) < 4.78 is 25.9. The molecule has 3 aromatic rings. The Hall–Kier alpha value is -2.63. The first-order chi connectivity index (χ1) is 15.8. The van der Waals surface area contributed by atoms with Crippen molar-refractivity contribution >= 4 is 47.1 Å². The molecule has 0 spiro atoms. The Morgan fingerprint density at radius 2 is 2.09 bits per heavy atom. The molecule has 5 unspecified atom stereocenters. The minimum absolute atomic E-state index is 0.178. The maximum atomic E-state index is 12.6. The molecule has 4 heterocycles. The number of anilines is 2. The van der Waals surface area contributed by atoms with Crippen LogP contribution in [0, 0.1) is 5.92 Å². The molecule has 2 fully saturated rings. The molecule has 0 amide bonds. The van der Waals surface area contributed by atoms with E-state index in [0.717, 1.165) is 5.69 Å². The quantitative estimate of drug-likeness (QED) is 0.403. The van der Waals surface area contributed by atoms with E-state index in [9.17, 15) is 4.79 Å². The Morgan fingerprint density at radius 1 is 1.30 bits per heavy atom. The highest BCUT2D eigenvalue weighted by atomic mass is 32.5. The third-order valence-electron chi connectivity index (χ3n) is 5.38. The van der Waals surface area contributed by atoms with Gasteiger partial charge in [-0.3, -0.25) is 9.36 Å². The fourth-order valence-electron chi connectivity index (χ4n) is 3.74. The molecule has 1 aromatic carbocycles. The van der Waals surface area contributed by atoms with Crippen molar-refractivity contribution in [3.63, 3.8) is 0 Å². The number of hydrogen-bond acceptors (Lipinski definition) is 10. The number of para-hydroxylation sites is 1. The molecule has 11 nitrogen and oxygen atoms in total. The lowest BCUT2D eigenvalue weighted by atomic mass is 10.1. The molecule has 0 bridgehead atoms. The second-order valence-corrected chi connectivity index (χ2v) is 11.2. The Kier molecular flexibility index (Phi) is 5.79. The molecule has 5 rings (SSSR count). The van der Waals surface area contributed by atoms with Crippen LogP contribution >= 0.6 is 6.64 Å². The van der Waals surface area contributed by atoms with E-state index in [1.807, 2.05) is 30.3 Å². The van der Waals surface area contributed by atoms with E-state index in [0.29, 0.717) is 11.2 Å². The fourth-order valence-corrected chi connectivity index (χ4v) is 6.10. The lowest BCUT2D eigenvalue weighted by Gasteiger charge is -2.35. The number of hydrogen-bond donors (Lipinski definition) is 2. The number of nitrogens with zero attached hydrogens (tertiary/aromatic N) is 4. The van der Waals surface area contributed by atoms with Crippen molar-refractivity contribution in [3.05, 3.63) is 43.0 Å². The number of carbonyl (C=O) groups is 1. The van der Waals surface area contributed by atoms with E-state index >= 15 is 0 Å². The number of benzene rings is 1. The number of nitrogen functional groups attached to an aromatic ring is 1. The van der Waals surface area contributed by atoms with Crippen LogP contribution in [0.5, 0.6) is 0 Å². The van der Waals surface area contributed by atoms with Crippen molar-refractivity contribution in [2.75, 3.05) is 17.4 Å². The predicted molar refractivity (Wildman–Crippen MR) is 124 cm³/mol. The van der Waals surface area contributed by atoms with E-state index in [4.69, 9.17) is 36.1 Å². The van der Waals surface area contributed by atoms with Crippen LogP contribution in [-0.4, -0.2) is 50.4 Å². The molecular weight excluding hydrogens is 467 g/mol. The summed E-state index contributed by atoms with van der Waals surface area (Å²) in [5, 5.41) is 3.18. The van der Waals surface area contributed by atoms with Gasteiger partial charge in [-0.1, -0.05) is 32.0 Å². The van der Waals surface area contributed by atoms with Crippen LogP contribution in [-0.2, 0) is 35.1 Å². The number of nitrogens with two attached hydrogens (primary N) is 1. The highest BCUT2D eigenvalue weighted by molar-refractivity contribution is 8.10. The third-order valence-corrected chi connectivity index (χ3v) is 7.77. The van der Waals surface area contributed by atoms with E-state index in [2.05, 4.69) is 20.0 Å². The van der Waals surface area contributed by atoms with E-state index in [-0.39, 0.29) is 24.3 Å². The van der Waals surface area contributed by atoms with Crippen molar-refractivity contribution < 1.29 is 23.3 Å². The van der Waals surface area contributed by atoms with Gasteiger partial charge in [0.1, 0.15) is 24.1 Å². The van der Waals surface area contributed by atoms with Crippen molar-refractivity contribution in [1.82, 2.24) is 19.5 Å². The standard InChI is InChI=1S/C20H23N6O5PS/c1-11(2)20(27)30-16-15-13(8-28-32(33,31-15)25-12-6-4-3-5-7-12)29-19(16)26-10-24-14-17(21)22-9-23-18(14)26/h3-7,9-11,13,15-16,19H,8H2,1-2H3,(H,25,33)(H2,21,22,23). The first-order valence-corrected chi connectivity index (χ1v) is 13.0. The molecule has 2 saturated heterocycles. The normalized spacial score (nSPS) is 29.2. The minimum atomic E-state index is -2.93. The van der Waals surface area contributed by atoms with E-state index in [1.54, 1.807) is 18.4 Å². The van der Waals surface area contributed by atoms with Gasteiger partial charge < -0.3 is 29.3 Å². The van der Waals surface area contributed by atoms with Crippen LogP contribution in [0.1, 0.15) is 20.1 Å². The molecule has 2 aromatic heterocycles. The molecule has 0 aliphatic carbocycles. The average Bonchev–Trinajstić information content (AvgIpc) is 3.36. The second-order valence-electron chi connectivity index (χ2n) is 8.05. The number of ether oxygens (including phenoxy) is 2. The Bertz CT molecular complexity index is 1220. The van der Waals surface area contributed by atoms with Gasteiger partial charge in [-0.2, -0.15) is 0 Å². The number of nitrogens with one attached hydrogen (secondary N) is 1. The summed E-state index contributed by atoms with van der Waals surface area (Å²) in [6, 6.07) is 9.42. The van der Waals surface area contributed by atoms with Crippen LogP contribution in [0.25, 0.3) is 11.2 Å². The van der Waals surface area contributed by atoms with Crippen molar-refractivity contribution in [3.8, 4) is 0 Å². The van der Waals surface area contributed by atoms with Crippen LogP contribution in [0.4, 0.5) is 11.5 Å². The Morgan fingerprint density at radius 3 is 2.85 bits per heavy atom. The van der Waals surface area contributed by atoms with Gasteiger partial charge in [0.05, 0.1) is 18.9 Å². The van der Waals surface area contributed by atoms with E-state index < -0.39 is 31.2 Å². The first kappa shape index (κ1) is 22.2. The van der Waals surface area contributed by atoms with Gasteiger partial charge in [0, 0.05) is 5.69 Å². The molecule has 0 saturated carbocycles. The highest BCUT2D eigenvalue weighted by Gasteiger charge is 2.54. The SMILES string of the molecule is CC(C)C(=O)OC1C2OP(=S)(Nc3ccccc3)OCC2OC1n1cnc2c(N)ncnc21. The summed E-state index contributed by atoms with van der Waals surface area (Å²) in [5.41, 5.74) is 7.60. The van der Waals surface area contributed by atoms with Crippen LogP contribution < -0.4 is 10.8 Å². The first-order valence-electron chi connectivity index (χ1n) is 10.4. The monoisotopic (exact) mass is 490 g/mol. The average molecular weight is 490 g/mol. The summed E-state index contributed by atoms with van der Waals surface area (Å²) in [7, 11) is 0. The molecule has 174 valence electrons. The van der Waals surface area contributed by atoms with Gasteiger partial charge >= 0.3 is 5.97 Å². The van der Waals surface area contributed by atoms with Gasteiger partial charge in [-0.15, -0.1) is 0 Å². The summed E-state index contributed by atoms with van der Waals surface area (Å²) >= 11 is 5.71. The molecule has 5 atom stereocenters. The lowest BCUT2D eigenvalue weighted by Crippen LogP contribution is -2.42. The highest BCUT2D eigenvalue weighted by Crippen LogP contribution is 2.56. The smallest absolute Gasteiger partial charge is 0.308 e. The number of esters is 1. The second kappa shape index (κ2) is 8.62. The van der Waals surface area contributed by atoms with Crippen molar-refractivity contribution in [2.45, 2.75) is 38.4 Å². The molecule has 0 radical (unpaired) electrons. The van der Waals surface area contributed by atoms with Crippen molar-refractivity contribution in [2.24, 2.45) is 5.92 Å². The lowest BCUT2D eigenvalue weighted by molar-refractivity contribution is -0.161. The van der Waals surface area contributed by atoms with Gasteiger partial charge in [0.15, 0.2) is 23.8 Å². The van der Waals surface area contributed by atoms with Crippen LogP contribution in [0.2, 0.25) is 0 Å². The molecule has 2 aliphatic rings. The topological polar surface area (TPSA) is 136 Å². The summed E-state index contributed by atoms with van der Waals surface area (Å²) in [6.45, 7) is 0.773. The maximum Gasteiger partial charge on any atom is 0.308 e. The minimum Gasteiger partial charge on any atom is -0.454 e. The largest absolute Gasteiger partial charge is 0.454 e. The summed E-state index contributed by atoms with van der Waals surface area (Å²) in [4.78, 5) is 25.2. The van der Waals surface area contributed by atoms with Crippen molar-refractivity contribution in [1.29, 1.82) is 0 Å². The summed E-state index contributed by atoms with van der Waals surface area (Å²) in [6.07, 6.45) is 0.157. The summed E-state index contributed by atoms with van der Waals surface area (Å²) in [5.74, 6) is -0.480. The fraction of sp³-hybridized carbons (Fsp3) is 0.400. The molecule has 33 heavy (non-hydrogen) atoms. The predicted octanol–water partition coefficient (Wildman–Crippen LogP) is 2.63. The number of carbonyl (C=O) groups excluding carboxylic acids is 1. The van der Waals surface area contributed by atoms with Gasteiger partial charge in [0.25, 0.3) is 6.64 Å². The number of aromatic nitrogens is 4. The molecule has 13 heteroatoms. The Labute approximate surface area is 194 Å². The van der Waals surface area contributed by atoms with Crippen LogP contribution in [0.3, 0.4) is 0 Å². The van der Waals surface area contributed by atoms with Gasteiger partial charge in [-0.25, -0.2) is 15.0 Å². The number of rotatable bonds is 5. The van der Waals surface area contributed by atoms with E-state index in [1.165, 1.54) is 12.7 Å². The Balaban J connectivity index is 1.48. The van der Waals surface area contributed by atoms with Gasteiger partial charge in [-0.05, 0) is 23.9 Å². The maximum absolute atomic E-state index is 12.6. The van der Waals surface area contributed by atoms with Crippen LogP contribution in [0.15, 0.2) is 43.0 Å². The third kappa shape index (κ3) is 4.20. The molecule has 2 aliphatic heterocycles. The zero-order valence-electron chi connectivity index (χ0n) is 17.9. The molecule has 3 N–H and O–H groups in total. The zero-order chi connectivity index (χ0) is 23.2. The zero-order valence-corrected chi connectivity index (χ0v) is 19.6. The number of fused-ring (bicyclic) bond motifs is 2.